The molecule has 0 unspecified atom stereocenters. The molecular weight excluding hydrogens is 330 g/mol. The molecule has 0 bridgehead atoms. The molecule has 7 nitrogen and oxygen atoms in total. The predicted molar refractivity (Wildman–Crippen MR) is 96.5 cm³/mol. The van der Waals surface area contributed by atoms with E-state index in [-0.39, 0.29) is 5.91 Å². The number of ether oxygens (including phenoxy) is 1. The van der Waals surface area contributed by atoms with E-state index in [1.54, 1.807) is 10.9 Å². The molecule has 2 aromatic heterocycles. The van der Waals surface area contributed by atoms with Gasteiger partial charge in [-0.2, -0.15) is 10.2 Å². The second-order valence-electron chi connectivity index (χ2n) is 6.52. The summed E-state index contributed by atoms with van der Waals surface area (Å²) in [6.45, 7) is 3.54. The second-order valence-corrected chi connectivity index (χ2v) is 6.52. The minimum Gasteiger partial charge on any atom is -0.376 e. The maximum atomic E-state index is 12.6. The Balaban J connectivity index is 1.51. The van der Waals surface area contributed by atoms with E-state index in [1.807, 2.05) is 19.2 Å². The Morgan fingerprint density at radius 3 is 2.96 bits per heavy atom. The van der Waals surface area contributed by atoms with Crippen LogP contribution in [0.1, 0.15) is 32.9 Å². The summed E-state index contributed by atoms with van der Waals surface area (Å²) in [5.74, 6) is -0.191. The highest BCUT2D eigenvalue weighted by Gasteiger charge is 2.24. The lowest BCUT2D eigenvalue weighted by Crippen LogP contribution is -2.25. The third kappa shape index (κ3) is 3.01. The molecule has 0 radical (unpaired) electrons. The first-order valence-corrected chi connectivity index (χ1v) is 8.63. The molecule has 0 aliphatic carbocycles. The molecule has 4 rings (SSSR count). The first-order valence-electron chi connectivity index (χ1n) is 8.63. The van der Waals surface area contributed by atoms with Gasteiger partial charge in [-0.15, -0.1) is 0 Å². The number of aryl methyl sites for hydroxylation is 2. The monoisotopic (exact) mass is 351 g/mol. The van der Waals surface area contributed by atoms with Crippen molar-refractivity contribution in [1.29, 1.82) is 0 Å². The van der Waals surface area contributed by atoms with Crippen molar-refractivity contribution in [3.8, 4) is 11.3 Å². The Morgan fingerprint density at radius 1 is 1.35 bits per heavy atom. The van der Waals surface area contributed by atoms with Crippen molar-refractivity contribution in [1.82, 2.24) is 25.3 Å². The molecule has 7 heteroatoms. The predicted octanol–water partition coefficient (Wildman–Crippen LogP) is 2.12. The highest BCUT2D eigenvalue weighted by atomic mass is 16.5. The highest BCUT2D eigenvalue weighted by molar-refractivity contribution is 5.94. The number of amides is 1. The zero-order chi connectivity index (χ0) is 18.1. The first kappa shape index (κ1) is 16.5. The Kier molecular flexibility index (Phi) is 4.30. The summed E-state index contributed by atoms with van der Waals surface area (Å²) < 4.78 is 7.27. The molecule has 134 valence electrons. The van der Waals surface area contributed by atoms with Crippen molar-refractivity contribution in [3.05, 3.63) is 58.5 Å². The fraction of sp³-hybridized carbons (Fsp3) is 0.316. The highest BCUT2D eigenvalue weighted by Crippen LogP contribution is 2.22. The molecule has 1 aliphatic heterocycles. The van der Waals surface area contributed by atoms with Crippen LogP contribution >= 0.6 is 0 Å². The molecular formula is C19H21N5O2. The average Bonchev–Trinajstić information content (AvgIpc) is 3.26. The van der Waals surface area contributed by atoms with E-state index in [0.29, 0.717) is 25.5 Å². The lowest BCUT2D eigenvalue weighted by Gasteiger charge is -2.13. The van der Waals surface area contributed by atoms with Crippen molar-refractivity contribution in [2.24, 2.45) is 7.05 Å². The number of fused-ring (bicyclic) bond motifs is 1. The zero-order valence-electron chi connectivity index (χ0n) is 14.9. The number of H-pyrrole nitrogens is 1. The smallest absolute Gasteiger partial charge is 0.272 e. The van der Waals surface area contributed by atoms with Gasteiger partial charge in [-0.3, -0.25) is 14.6 Å². The number of rotatable bonds is 4. The summed E-state index contributed by atoms with van der Waals surface area (Å²) in [5, 5.41) is 14.5. The SMILES string of the molecule is Cc1ccc(-c2[nH]ncc2CNC(=O)c2nn(C)c3c2COCC3)cc1. The third-order valence-electron chi connectivity index (χ3n) is 4.72. The van der Waals surface area contributed by atoms with Gasteiger partial charge in [0.15, 0.2) is 5.69 Å². The largest absolute Gasteiger partial charge is 0.376 e. The topological polar surface area (TPSA) is 84.8 Å². The normalized spacial score (nSPS) is 13.5. The molecule has 0 fully saturated rings. The van der Waals surface area contributed by atoms with Crippen LogP contribution in [0.4, 0.5) is 0 Å². The molecule has 1 aromatic carbocycles. The molecule has 1 amide bonds. The van der Waals surface area contributed by atoms with Crippen LogP contribution in [0.5, 0.6) is 0 Å². The zero-order valence-corrected chi connectivity index (χ0v) is 14.9. The number of aromatic amines is 1. The van der Waals surface area contributed by atoms with E-state index in [9.17, 15) is 4.79 Å². The second kappa shape index (κ2) is 6.76. The minimum absolute atomic E-state index is 0.191. The van der Waals surface area contributed by atoms with Crippen LogP contribution in [0.3, 0.4) is 0 Å². The summed E-state index contributed by atoms with van der Waals surface area (Å²) in [6, 6.07) is 8.19. The number of carbonyl (C=O) groups excluding carboxylic acids is 1. The van der Waals surface area contributed by atoms with Gasteiger partial charge in [-0.25, -0.2) is 0 Å². The van der Waals surface area contributed by atoms with Crippen molar-refractivity contribution >= 4 is 5.91 Å². The molecule has 26 heavy (non-hydrogen) atoms. The number of aromatic nitrogens is 4. The van der Waals surface area contributed by atoms with Crippen LogP contribution < -0.4 is 5.32 Å². The maximum absolute atomic E-state index is 12.6. The minimum atomic E-state index is -0.191. The van der Waals surface area contributed by atoms with Gasteiger partial charge in [-0.1, -0.05) is 29.8 Å². The Hall–Kier alpha value is -2.93. The van der Waals surface area contributed by atoms with E-state index in [1.165, 1.54) is 5.56 Å². The number of nitrogens with zero attached hydrogens (tertiary/aromatic N) is 3. The van der Waals surface area contributed by atoms with E-state index in [4.69, 9.17) is 4.74 Å². The lowest BCUT2D eigenvalue weighted by molar-refractivity contribution is 0.0922. The Morgan fingerprint density at radius 2 is 2.15 bits per heavy atom. The van der Waals surface area contributed by atoms with Crippen molar-refractivity contribution in [2.45, 2.75) is 26.5 Å². The molecule has 0 saturated heterocycles. The van der Waals surface area contributed by atoms with Gasteiger partial charge in [0.25, 0.3) is 5.91 Å². The van der Waals surface area contributed by atoms with Crippen LogP contribution in [0.15, 0.2) is 30.5 Å². The molecule has 0 atom stereocenters. The fourth-order valence-electron chi connectivity index (χ4n) is 3.27. The molecule has 3 aromatic rings. The molecule has 0 spiro atoms. The van der Waals surface area contributed by atoms with Crippen LogP contribution in [-0.2, 0) is 31.4 Å². The Bertz CT molecular complexity index is 939. The number of nitrogens with one attached hydrogen (secondary N) is 2. The molecule has 2 N–H and O–H groups in total. The van der Waals surface area contributed by atoms with E-state index < -0.39 is 0 Å². The van der Waals surface area contributed by atoms with Gasteiger partial charge < -0.3 is 10.1 Å². The van der Waals surface area contributed by atoms with E-state index in [2.05, 4.69) is 39.7 Å². The number of hydrogen-bond donors (Lipinski definition) is 2. The molecule has 0 saturated carbocycles. The summed E-state index contributed by atoms with van der Waals surface area (Å²) in [4.78, 5) is 12.6. The number of hydrogen-bond acceptors (Lipinski definition) is 4. The van der Waals surface area contributed by atoms with Gasteiger partial charge in [0.05, 0.1) is 25.1 Å². The maximum Gasteiger partial charge on any atom is 0.272 e. The van der Waals surface area contributed by atoms with E-state index >= 15 is 0 Å². The summed E-state index contributed by atoms with van der Waals surface area (Å²) >= 11 is 0. The van der Waals surface area contributed by atoms with Gasteiger partial charge in [-0.05, 0) is 12.5 Å². The van der Waals surface area contributed by atoms with Crippen molar-refractivity contribution < 1.29 is 9.53 Å². The van der Waals surface area contributed by atoms with Crippen LogP contribution in [0, 0.1) is 6.92 Å². The van der Waals surface area contributed by atoms with Gasteiger partial charge in [0, 0.05) is 36.8 Å². The third-order valence-corrected chi connectivity index (χ3v) is 4.72. The van der Waals surface area contributed by atoms with Crippen LogP contribution in [0.25, 0.3) is 11.3 Å². The molecule has 1 aliphatic rings. The fourth-order valence-corrected chi connectivity index (χ4v) is 3.27. The average molecular weight is 351 g/mol. The number of benzene rings is 1. The van der Waals surface area contributed by atoms with Crippen LogP contribution in [0.2, 0.25) is 0 Å². The van der Waals surface area contributed by atoms with Gasteiger partial charge in [0.1, 0.15) is 0 Å². The quantitative estimate of drug-likeness (QED) is 0.754. The van der Waals surface area contributed by atoms with Gasteiger partial charge in [0.2, 0.25) is 0 Å². The van der Waals surface area contributed by atoms with Gasteiger partial charge >= 0.3 is 0 Å². The number of carbonyl (C=O) groups is 1. The lowest BCUT2D eigenvalue weighted by atomic mass is 10.1. The van der Waals surface area contributed by atoms with E-state index in [0.717, 1.165) is 34.5 Å². The summed E-state index contributed by atoms with van der Waals surface area (Å²) in [5.41, 5.74) is 6.50. The van der Waals surface area contributed by atoms with Crippen LogP contribution in [-0.4, -0.2) is 32.5 Å². The first-order chi connectivity index (χ1) is 12.6. The Labute approximate surface area is 151 Å². The summed E-state index contributed by atoms with van der Waals surface area (Å²) in [7, 11) is 1.87. The van der Waals surface area contributed by atoms with Crippen molar-refractivity contribution in [3.63, 3.8) is 0 Å². The standard InChI is InChI=1S/C19H21N5O2/c1-12-3-5-13(6-4-12)17-14(10-21-22-17)9-20-19(25)18-15-11-26-8-7-16(15)24(2)23-18/h3-6,10H,7-9,11H2,1-2H3,(H,20,25)(H,21,22). The van der Waals surface area contributed by atoms with Crippen molar-refractivity contribution in [2.75, 3.05) is 6.61 Å². The summed E-state index contributed by atoms with van der Waals surface area (Å²) in [6.07, 6.45) is 2.53. The molecule has 3 heterocycles.